The highest BCUT2D eigenvalue weighted by Crippen LogP contribution is 2.37. The SMILES string of the molecule is CCOC(=O)c1cn([C@H](CO[Si](C)(C)C(C)(C)C)C(C)C)c2cc(Cc3ccc(F)c(F)c3)cnc2c1=O. The van der Waals surface area contributed by atoms with Gasteiger partial charge in [-0.2, -0.15) is 0 Å². The number of pyridine rings is 2. The van der Waals surface area contributed by atoms with Crippen molar-refractivity contribution in [3.05, 3.63) is 75.2 Å². The first-order chi connectivity index (χ1) is 17.7. The molecule has 0 bridgehead atoms. The van der Waals surface area contributed by atoms with Gasteiger partial charge in [-0.3, -0.25) is 9.78 Å². The zero-order valence-electron chi connectivity index (χ0n) is 23.5. The molecule has 1 aromatic carbocycles. The summed E-state index contributed by atoms with van der Waals surface area (Å²) in [4.78, 5) is 30.4. The third kappa shape index (κ3) is 6.38. The number of benzene rings is 1. The molecule has 0 amide bonds. The summed E-state index contributed by atoms with van der Waals surface area (Å²) in [5, 5.41) is 0.00931. The smallest absolute Gasteiger partial charge is 0.343 e. The van der Waals surface area contributed by atoms with Gasteiger partial charge in [0.05, 0.1) is 24.8 Å². The molecule has 0 saturated carbocycles. The molecular weight excluding hydrogens is 506 g/mol. The molecule has 9 heteroatoms. The van der Waals surface area contributed by atoms with Gasteiger partial charge in [-0.25, -0.2) is 13.6 Å². The van der Waals surface area contributed by atoms with Crippen LogP contribution in [0.5, 0.6) is 0 Å². The summed E-state index contributed by atoms with van der Waals surface area (Å²) in [7, 11) is -2.09. The number of hydrogen-bond acceptors (Lipinski definition) is 5. The summed E-state index contributed by atoms with van der Waals surface area (Å²) in [6, 6.07) is 5.37. The van der Waals surface area contributed by atoms with Crippen molar-refractivity contribution in [1.82, 2.24) is 9.55 Å². The summed E-state index contributed by atoms with van der Waals surface area (Å²) >= 11 is 0. The van der Waals surface area contributed by atoms with Gasteiger partial charge in [0.2, 0.25) is 5.43 Å². The fourth-order valence-electron chi connectivity index (χ4n) is 3.98. The van der Waals surface area contributed by atoms with Crippen molar-refractivity contribution in [3.63, 3.8) is 0 Å². The maximum Gasteiger partial charge on any atom is 0.343 e. The molecule has 0 N–H and O–H groups in total. The third-order valence-corrected chi connectivity index (χ3v) is 11.9. The number of hydrogen-bond donors (Lipinski definition) is 0. The van der Waals surface area contributed by atoms with Crippen LogP contribution in [0, 0.1) is 17.6 Å². The molecule has 0 aliphatic rings. The second-order valence-corrected chi connectivity index (χ2v) is 16.3. The van der Waals surface area contributed by atoms with Crippen LogP contribution < -0.4 is 5.43 Å². The number of aromatic nitrogens is 2. The minimum atomic E-state index is -2.09. The third-order valence-electron chi connectivity index (χ3n) is 7.37. The molecule has 6 nitrogen and oxygen atoms in total. The van der Waals surface area contributed by atoms with Crippen LogP contribution in [0.15, 0.2) is 41.5 Å². The van der Waals surface area contributed by atoms with E-state index in [2.05, 4.69) is 52.7 Å². The zero-order chi connectivity index (χ0) is 28.4. The first kappa shape index (κ1) is 29.6. The Morgan fingerprint density at radius 3 is 2.37 bits per heavy atom. The highest BCUT2D eigenvalue weighted by atomic mass is 28.4. The molecule has 206 valence electrons. The average molecular weight is 545 g/mol. The Kier molecular flexibility index (Phi) is 8.93. The quantitative estimate of drug-likeness (QED) is 0.223. The van der Waals surface area contributed by atoms with Gasteiger partial charge in [0.1, 0.15) is 11.1 Å². The van der Waals surface area contributed by atoms with Crippen LogP contribution in [0.25, 0.3) is 11.0 Å². The molecule has 0 aliphatic heterocycles. The Labute approximate surface area is 224 Å². The van der Waals surface area contributed by atoms with Gasteiger partial charge >= 0.3 is 5.97 Å². The summed E-state index contributed by atoms with van der Waals surface area (Å²) in [6.45, 7) is 17.2. The molecule has 3 rings (SSSR count). The van der Waals surface area contributed by atoms with Gasteiger partial charge in [0.25, 0.3) is 0 Å². The fraction of sp³-hybridized carbons (Fsp3) is 0.483. The van der Waals surface area contributed by atoms with Gasteiger partial charge < -0.3 is 13.7 Å². The molecular formula is C29H38F2N2O4Si. The zero-order valence-corrected chi connectivity index (χ0v) is 24.5. The summed E-state index contributed by atoms with van der Waals surface area (Å²) in [5.41, 5.74) is 1.38. The molecule has 38 heavy (non-hydrogen) atoms. The maximum atomic E-state index is 13.8. The topological polar surface area (TPSA) is 70.4 Å². The summed E-state index contributed by atoms with van der Waals surface area (Å²) in [6.07, 6.45) is 3.37. The Hall–Kier alpha value is -2.91. The van der Waals surface area contributed by atoms with Gasteiger partial charge in [0, 0.05) is 12.4 Å². The number of carbonyl (C=O) groups excluding carboxylic acids is 1. The summed E-state index contributed by atoms with van der Waals surface area (Å²) in [5.74, 6) is -2.44. The van der Waals surface area contributed by atoms with Crippen LogP contribution in [0.3, 0.4) is 0 Å². The van der Waals surface area contributed by atoms with Crippen LogP contribution in [0.1, 0.15) is 69.1 Å². The highest BCUT2D eigenvalue weighted by Gasteiger charge is 2.38. The van der Waals surface area contributed by atoms with E-state index < -0.39 is 31.3 Å². The van der Waals surface area contributed by atoms with Gasteiger partial charge in [0.15, 0.2) is 20.0 Å². The lowest BCUT2D eigenvalue weighted by atomic mass is 10.0. The van der Waals surface area contributed by atoms with Crippen molar-refractivity contribution in [3.8, 4) is 0 Å². The lowest BCUT2D eigenvalue weighted by Crippen LogP contribution is -2.42. The first-order valence-corrected chi connectivity index (χ1v) is 15.9. The first-order valence-electron chi connectivity index (χ1n) is 12.9. The van der Waals surface area contributed by atoms with Crippen molar-refractivity contribution >= 4 is 25.3 Å². The molecule has 3 aromatic rings. The predicted molar refractivity (Wildman–Crippen MR) is 148 cm³/mol. The molecule has 0 aliphatic carbocycles. The van der Waals surface area contributed by atoms with Gasteiger partial charge in [-0.1, -0.05) is 40.7 Å². The van der Waals surface area contributed by atoms with Crippen molar-refractivity contribution in [1.29, 1.82) is 0 Å². The van der Waals surface area contributed by atoms with E-state index in [1.165, 1.54) is 12.3 Å². The highest BCUT2D eigenvalue weighted by molar-refractivity contribution is 6.74. The second kappa shape index (κ2) is 11.5. The van der Waals surface area contributed by atoms with E-state index in [0.717, 1.165) is 12.1 Å². The number of carbonyl (C=O) groups is 1. The van der Waals surface area contributed by atoms with Crippen molar-refractivity contribution < 1.29 is 22.7 Å². The fourth-order valence-corrected chi connectivity index (χ4v) is 5.00. The Bertz CT molecular complexity index is 1380. The van der Waals surface area contributed by atoms with Crippen molar-refractivity contribution in [2.24, 2.45) is 5.92 Å². The molecule has 0 radical (unpaired) electrons. The van der Waals surface area contributed by atoms with Gasteiger partial charge in [-0.05, 0) is 66.7 Å². The summed E-state index contributed by atoms with van der Waals surface area (Å²) < 4.78 is 40.9. The van der Waals surface area contributed by atoms with Crippen LogP contribution in [-0.4, -0.2) is 37.1 Å². The van der Waals surface area contributed by atoms with E-state index in [1.54, 1.807) is 13.1 Å². The van der Waals surface area contributed by atoms with E-state index in [1.807, 2.05) is 10.6 Å². The molecule has 0 spiro atoms. The number of fused-ring (bicyclic) bond motifs is 1. The Balaban J connectivity index is 2.17. The molecule has 2 heterocycles. The minimum Gasteiger partial charge on any atom is -0.462 e. The second-order valence-electron chi connectivity index (χ2n) is 11.5. The average Bonchev–Trinajstić information content (AvgIpc) is 2.82. The van der Waals surface area contributed by atoms with Crippen LogP contribution in [0.4, 0.5) is 8.78 Å². The Morgan fingerprint density at radius 1 is 1.11 bits per heavy atom. The molecule has 0 saturated heterocycles. The molecule has 0 fully saturated rings. The van der Waals surface area contributed by atoms with Crippen LogP contribution in [0.2, 0.25) is 18.1 Å². The van der Waals surface area contributed by atoms with Crippen molar-refractivity contribution in [2.45, 2.75) is 72.1 Å². The van der Waals surface area contributed by atoms with E-state index in [9.17, 15) is 18.4 Å². The number of ether oxygens (including phenoxy) is 1. The lowest BCUT2D eigenvalue weighted by molar-refractivity contribution is 0.0523. The number of nitrogens with zero attached hydrogens (tertiary/aromatic N) is 2. The van der Waals surface area contributed by atoms with Crippen LogP contribution in [-0.2, 0) is 15.6 Å². The number of rotatable bonds is 9. The van der Waals surface area contributed by atoms with E-state index in [0.29, 0.717) is 29.7 Å². The van der Waals surface area contributed by atoms with Crippen molar-refractivity contribution in [2.75, 3.05) is 13.2 Å². The monoisotopic (exact) mass is 544 g/mol. The predicted octanol–water partition coefficient (Wildman–Crippen LogP) is 6.66. The van der Waals surface area contributed by atoms with E-state index in [-0.39, 0.29) is 34.7 Å². The molecule has 2 aromatic heterocycles. The normalized spacial score (nSPS) is 13.2. The Morgan fingerprint density at radius 2 is 1.79 bits per heavy atom. The molecule has 0 unspecified atom stereocenters. The van der Waals surface area contributed by atoms with E-state index in [4.69, 9.17) is 9.16 Å². The maximum absolute atomic E-state index is 13.8. The minimum absolute atomic E-state index is 0.00931. The van der Waals surface area contributed by atoms with E-state index >= 15 is 0 Å². The van der Waals surface area contributed by atoms with Gasteiger partial charge in [-0.15, -0.1) is 0 Å². The number of halogens is 2. The van der Waals surface area contributed by atoms with Crippen LogP contribution >= 0.6 is 0 Å². The largest absolute Gasteiger partial charge is 0.462 e. The number of esters is 1. The standard InChI is InChI=1S/C29H38F2N2O4Si/c1-9-36-28(35)21-16-33(25(18(2)3)17-37-38(7,8)29(4,5)6)24-14-20(15-32-26(24)27(21)34)12-19-10-11-22(30)23(31)13-19/h10-11,13-16,18,25H,9,12,17H2,1-8H3/t25-/m1/s1. The lowest BCUT2D eigenvalue weighted by Gasteiger charge is -2.38. The molecule has 1 atom stereocenters.